The average molecular weight is 203 g/mol. The molecule has 0 aromatic heterocycles. The smallest absolute Gasteiger partial charge is 0.119 e. The van der Waals surface area contributed by atoms with Gasteiger partial charge < -0.3 is 4.74 Å². The van der Waals surface area contributed by atoms with Crippen molar-refractivity contribution in [1.82, 2.24) is 0 Å². The second-order valence-corrected chi connectivity index (χ2v) is 3.64. The second-order valence-electron chi connectivity index (χ2n) is 3.64. The molecule has 1 rings (SSSR count). The van der Waals surface area contributed by atoms with E-state index in [9.17, 15) is 0 Å². The number of nitrogens with zero attached hydrogens (tertiary/aromatic N) is 1. The number of hydrogen-bond donors (Lipinski definition) is 0. The zero-order valence-electron chi connectivity index (χ0n) is 9.74. The van der Waals surface area contributed by atoms with Crippen molar-refractivity contribution in [2.75, 3.05) is 7.11 Å². The van der Waals surface area contributed by atoms with Gasteiger partial charge in [0.05, 0.1) is 12.8 Å². The highest BCUT2D eigenvalue weighted by molar-refractivity contribution is 5.81. The summed E-state index contributed by atoms with van der Waals surface area (Å²) < 4.78 is 5.07. The Morgan fingerprint density at radius 3 is 2.20 bits per heavy atom. The van der Waals surface area contributed by atoms with Gasteiger partial charge in [0.1, 0.15) is 5.75 Å². The molecule has 0 bridgehead atoms. The molecule has 0 spiro atoms. The molecule has 1 aromatic carbocycles. The maximum atomic E-state index is 5.07. The molecule has 0 aliphatic heterocycles. The Morgan fingerprint density at radius 1 is 1.13 bits per heavy atom. The number of allylic oxidation sites excluding steroid dienone is 2. The lowest BCUT2D eigenvalue weighted by atomic mass is 10.2. The first-order valence-electron chi connectivity index (χ1n) is 4.95. The van der Waals surface area contributed by atoms with Crippen molar-refractivity contribution >= 4 is 11.9 Å². The van der Waals surface area contributed by atoms with Crippen molar-refractivity contribution < 1.29 is 4.74 Å². The fraction of sp³-hybridized carbons (Fsp3) is 0.308. The van der Waals surface area contributed by atoms with E-state index in [0.29, 0.717) is 0 Å². The van der Waals surface area contributed by atoms with Gasteiger partial charge in [0, 0.05) is 6.21 Å². The van der Waals surface area contributed by atoms with Crippen LogP contribution >= 0.6 is 0 Å². The number of methoxy groups -OCH3 is 1. The summed E-state index contributed by atoms with van der Waals surface area (Å²) in [6.07, 6.45) is 1.89. The Kier molecular flexibility index (Phi) is 4.10. The van der Waals surface area contributed by atoms with Crippen LogP contribution in [0.15, 0.2) is 40.4 Å². The van der Waals surface area contributed by atoms with Crippen LogP contribution in [0.5, 0.6) is 5.75 Å². The molecule has 2 nitrogen and oxygen atoms in total. The summed E-state index contributed by atoms with van der Waals surface area (Å²) in [7, 11) is 1.66. The number of hydrogen-bond acceptors (Lipinski definition) is 2. The Balaban J connectivity index is 2.77. The van der Waals surface area contributed by atoms with Gasteiger partial charge in [-0.05, 0) is 50.6 Å². The maximum absolute atomic E-state index is 5.07. The molecule has 0 heterocycles. The summed E-state index contributed by atoms with van der Waals surface area (Å²) in [5, 5.41) is 0. The van der Waals surface area contributed by atoms with Crippen LogP contribution in [0.4, 0.5) is 5.69 Å². The third kappa shape index (κ3) is 3.58. The summed E-state index contributed by atoms with van der Waals surface area (Å²) in [5.41, 5.74) is 3.43. The Hall–Kier alpha value is -1.57. The van der Waals surface area contributed by atoms with Gasteiger partial charge in [-0.1, -0.05) is 5.57 Å². The Labute approximate surface area is 91.3 Å². The number of aliphatic imine (C=N–C) groups is 1. The maximum Gasteiger partial charge on any atom is 0.119 e. The molecule has 0 fully saturated rings. The van der Waals surface area contributed by atoms with Crippen LogP contribution in [0, 0.1) is 0 Å². The van der Waals surface area contributed by atoms with E-state index in [1.807, 2.05) is 30.5 Å². The fourth-order valence-electron chi connectivity index (χ4n) is 0.969. The van der Waals surface area contributed by atoms with Gasteiger partial charge in [0.25, 0.3) is 0 Å². The molecular formula is C13H17NO. The van der Waals surface area contributed by atoms with Gasteiger partial charge in [-0.25, -0.2) is 0 Å². The van der Waals surface area contributed by atoms with Crippen molar-refractivity contribution in [2.24, 2.45) is 4.99 Å². The lowest BCUT2D eigenvalue weighted by Crippen LogP contribution is -1.82. The predicted octanol–water partition coefficient (Wildman–Crippen LogP) is 3.75. The molecule has 15 heavy (non-hydrogen) atoms. The Bertz CT molecular complexity index is 370. The van der Waals surface area contributed by atoms with Crippen molar-refractivity contribution in [3.05, 3.63) is 35.4 Å². The number of rotatable bonds is 3. The van der Waals surface area contributed by atoms with Gasteiger partial charge in [0.15, 0.2) is 0 Å². The lowest BCUT2D eigenvalue weighted by molar-refractivity contribution is 0.415. The highest BCUT2D eigenvalue weighted by Crippen LogP contribution is 2.17. The van der Waals surface area contributed by atoms with Crippen LogP contribution in [0.1, 0.15) is 20.8 Å². The first-order valence-corrected chi connectivity index (χ1v) is 4.95. The quantitative estimate of drug-likeness (QED) is 0.685. The normalized spacial score (nSPS) is 10.4. The van der Waals surface area contributed by atoms with E-state index in [1.54, 1.807) is 7.11 Å². The summed E-state index contributed by atoms with van der Waals surface area (Å²) in [5.74, 6) is 0.855. The van der Waals surface area contributed by atoms with Gasteiger partial charge in [-0.3, -0.25) is 4.99 Å². The number of benzene rings is 1. The van der Waals surface area contributed by atoms with Crippen LogP contribution < -0.4 is 4.74 Å². The minimum Gasteiger partial charge on any atom is -0.497 e. The van der Waals surface area contributed by atoms with Crippen LogP contribution in [-0.4, -0.2) is 13.3 Å². The molecule has 80 valence electrons. The largest absolute Gasteiger partial charge is 0.497 e. The molecule has 0 atom stereocenters. The SMILES string of the molecule is COc1ccc(N=CC(C)=C(C)C)cc1. The minimum atomic E-state index is 0.855. The van der Waals surface area contributed by atoms with Crippen LogP contribution in [-0.2, 0) is 0 Å². The molecule has 0 N–H and O–H groups in total. The van der Waals surface area contributed by atoms with Crippen molar-refractivity contribution in [3.63, 3.8) is 0 Å². The van der Waals surface area contributed by atoms with E-state index in [-0.39, 0.29) is 0 Å². The molecular weight excluding hydrogens is 186 g/mol. The Morgan fingerprint density at radius 2 is 1.73 bits per heavy atom. The second kappa shape index (κ2) is 5.35. The van der Waals surface area contributed by atoms with Crippen molar-refractivity contribution in [1.29, 1.82) is 0 Å². The molecule has 0 aliphatic rings. The summed E-state index contributed by atoms with van der Waals surface area (Å²) in [6.45, 7) is 6.22. The summed E-state index contributed by atoms with van der Waals surface area (Å²) in [4.78, 5) is 4.36. The van der Waals surface area contributed by atoms with E-state index in [0.717, 1.165) is 11.4 Å². The topological polar surface area (TPSA) is 21.6 Å². The molecule has 1 aromatic rings. The van der Waals surface area contributed by atoms with E-state index in [2.05, 4.69) is 25.8 Å². The number of ether oxygens (including phenoxy) is 1. The summed E-state index contributed by atoms with van der Waals surface area (Å²) >= 11 is 0. The molecule has 0 saturated carbocycles. The molecule has 0 radical (unpaired) electrons. The minimum absolute atomic E-state index is 0.855. The van der Waals surface area contributed by atoms with E-state index in [1.165, 1.54) is 11.1 Å². The fourth-order valence-corrected chi connectivity index (χ4v) is 0.969. The third-order valence-corrected chi connectivity index (χ3v) is 2.27. The standard InChI is InChI=1S/C13H17NO/c1-10(2)11(3)9-14-12-5-7-13(15-4)8-6-12/h5-9H,1-4H3. The highest BCUT2D eigenvalue weighted by atomic mass is 16.5. The third-order valence-electron chi connectivity index (χ3n) is 2.27. The first kappa shape index (κ1) is 11.5. The predicted molar refractivity (Wildman–Crippen MR) is 65.2 cm³/mol. The highest BCUT2D eigenvalue weighted by Gasteiger charge is 1.91. The average Bonchev–Trinajstić information content (AvgIpc) is 2.26. The summed E-state index contributed by atoms with van der Waals surface area (Å²) in [6, 6.07) is 7.69. The van der Waals surface area contributed by atoms with Gasteiger partial charge in [-0.15, -0.1) is 0 Å². The van der Waals surface area contributed by atoms with E-state index in [4.69, 9.17) is 4.74 Å². The molecule has 0 aliphatic carbocycles. The van der Waals surface area contributed by atoms with Gasteiger partial charge >= 0.3 is 0 Å². The zero-order valence-corrected chi connectivity index (χ0v) is 9.74. The van der Waals surface area contributed by atoms with Crippen LogP contribution in [0.3, 0.4) is 0 Å². The monoisotopic (exact) mass is 203 g/mol. The molecule has 0 amide bonds. The molecule has 2 heteroatoms. The lowest BCUT2D eigenvalue weighted by Gasteiger charge is -1.99. The zero-order chi connectivity index (χ0) is 11.3. The van der Waals surface area contributed by atoms with Crippen LogP contribution in [0.25, 0.3) is 0 Å². The van der Waals surface area contributed by atoms with E-state index >= 15 is 0 Å². The molecule has 0 unspecified atom stereocenters. The van der Waals surface area contributed by atoms with Gasteiger partial charge in [-0.2, -0.15) is 0 Å². The first-order chi connectivity index (χ1) is 7.13. The van der Waals surface area contributed by atoms with E-state index < -0.39 is 0 Å². The molecule has 0 saturated heterocycles. The van der Waals surface area contributed by atoms with Crippen LogP contribution in [0.2, 0.25) is 0 Å². The van der Waals surface area contributed by atoms with Crippen molar-refractivity contribution in [2.45, 2.75) is 20.8 Å². The van der Waals surface area contributed by atoms with Crippen molar-refractivity contribution in [3.8, 4) is 5.75 Å². The van der Waals surface area contributed by atoms with Gasteiger partial charge in [0.2, 0.25) is 0 Å².